The molecule has 0 spiro atoms. The second-order valence-electron chi connectivity index (χ2n) is 14.6. The highest BCUT2D eigenvalue weighted by Gasteiger charge is 2.21. The van der Waals surface area contributed by atoms with Crippen molar-refractivity contribution in [2.75, 3.05) is 4.90 Å². The van der Waals surface area contributed by atoms with Gasteiger partial charge in [-0.1, -0.05) is 127 Å². The predicted molar refractivity (Wildman–Crippen MR) is 237 cm³/mol. The third kappa shape index (κ3) is 4.98. The van der Waals surface area contributed by atoms with Crippen molar-refractivity contribution in [1.29, 1.82) is 0 Å². The molecular weight excluding hydrogens is 679 g/mol. The fourth-order valence-corrected chi connectivity index (χ4v) is 8.96. The molecule has 0 saturated carbocycles. The van der Waals surface area contributed by atoms with Crippen molar-refractivity contribution in [3.63, 3.8) is 0 Å². The van der Waals surface area contributed by atoms with Gasteiger partial charge in [0.2, 0.25) is 0 Å². The second kappa shape index (κ2) is 12.9. The van der Waals surface area contributed by atoms with Gasteiger partial charge in [-0.2, -0.15) is 0 Å². The van der Waals surface area contributed by atoms with E-state index >= 15 is 0 Å². The summed E-state index contributed by atoms with van der Waals surface area (Å²) in [5.41, 5.74) is 14.2. The summed E-state index contributed by atoms with van der Waals surface area (Å²) >= 11 is 0. The maximum absolute atomic E-state index is 2.42. The molecule has 0 bridgehead atoms. The number of aryl methyl sites for hydroxylation is 1. The van der Waals surface area contributed by atoms with Crippen LogP contribution >= 0.6 is 0 Å². The fraction of sp³-hybridized carbons (Fsp3) is 0.0189. The largest absolute Gasteiger partial charge is 0.310 e. The molecular formula is C53H37N3. The third-order valence-corrected chi connectivity index (χ3v) is 11.4. The number of rotatable bonds is 6. The molecule has 0 radical (unpaired) electrons. The molecule has 0 aliphatic rings. The highest BCUT2D eigenvalue weighted by molar-refractivity contribution is 6.16. The van der Waals surface area contributed by atoms with Crippen LogP contribution in [0.15, 0.2) is 206 Å². The number of nitrogens with zero attached hydrogens (tertiary/aromatic N) is 3. The van der Waals surface area contributed by atoms with E-state index in [0.29, 0.717) is 0 Å². The smallest absolute Gasteiger partial charge is 0.0562 e. The maximum atomic E-state index is 2.42. The third-order valence-electron chi connectivity index (χ3n) is 11.4. The maximum Gasteiger partial charge on any atom is 0.0562 e. The van der Waals surface area contributed by atoms with E-state index in [1.807, 2.05) is 0 Å². The number of hydrogen-bond acceptors (Lipinski definition) is 1. The lowest BCUT2D eigenvalue weighted by atomic mass is 9.94. The van der Waals surface area contributed by atoms with Crippen LogP contribution in [-0.4, -0.2) is 9.13 Å². The first-order valence-corrected chi connectivity index (χ1v) is 19.3. The summed E-state index contributed by atoms with van der Waals surface area (Å²) in [6, 6.07) is 74.9. The van der Waals surface area contributed by atoms with Crippen molar-refractivity contribution in [3.8, 4) is 22.5 Å². The van der Waals surface area contributed by atoms with E-state index in [4.69, 9.17) is 0 Å². The zero-order valence-electron chi connectivity index (χ0n) is 31.0. The van der Waals surface area contributed by atoms with Crippen molar-refractivity contribution in [3.05, 3.63) is 212 Å². The molecule has 56 heavy (non-hydrogen) atoms. The number of para-hydroxylation sites is 4. The van der Waals surface area contributed by atoms with E-state index in [0.717, 1.165) is 28.4 Å². The zero-order chi connectivity index (χ0) is 37.2. The van der Waals surface area contributed by atoms with Gasteiger partial charge in [-0.15, -0.1) is 0 Å². The van der Waals surface area contributed by atoms with E-state index in [1.165, 1.54) is 71.1 Å². The van der Waals surface area contributed by atoms with Crippen molar-refractivity contribution in [1.82, 2.24) is 9.13 Å². The topological polar surface area (TPSA) is 13.1 Å². The molecule has 9 aromatic carbocycles. The van der Waals surface area contributed by atoms with E-state index in [2.05, 4.69) is 227 Å². The summed E-state index contributed by atoms with van der Waals surface area (Å²) in [4.78, 5) is 2.40. The molecule has 2 aromatic heterocycles. The molecule has 11 aromatic rings. The van der Waals surface area contributed by atoms with Gasteiger partial charge in [-0.3, -0.25) is 0 Å². The van der Waals surface area contributed by atoms with E-state index in [9.17, 15) is 0 Å². The summed E-state index contributed by atoms with van der Waals surface area (Å²) < 4.78 is 4.80. The summed E-state index contributed by atoms with van der Waals surface area (Å²) in [7, 11) is 0. The average Bonchev–Trinajstić information content (AvgIpc) is 3.78. The molecule has 11 rings (SSSR count). The Balaban J connectivity index is 1.07. The standard InChI is InChI=1S/C53H37N3/c1-36-26-27-37-14-5-6-17-43(37)52(36)38-28-30-41(31-29-38)56-49-23-12-9-20-46(49)53-50(24-13-25-51(53)56)54(39-15-3-2-4-16-39)40-32-34-42(35-33-40)55-47-21-10-7-18-44(47)45-19-8-11-22-48(45)55/h2-35H,1H3. The van der Waals surface area contributed by atoms with Crippen LogP contribution < -0.4 is 4.90 Å². The zero-order valence-corrected chi connectivity index (χ0v) is 31.0. The van der Waals surface area contributed by atoms with Gasteiger partial charge < -0.3 is 14.0 Å². The molecule has 0 aliphatic heterocycles. The monoisotopic (exact) mass is 715 g/mol. The lowest BCUT2D eigenvalue weighted by molar-refractivity contribution is 1.17. The summed E-state index contributed by atoms with van der Waals surface area (Å²) in [6.07, 6.45) is 0. The number of aromatic nitrogens is 2. The molecule has 0 saturated heterocycles. The van der Waals surface area contributed by atoms with Gasteiger partial charge in [0.1, 0.15) is 0 Å². The second-order valence-corrected chi connectivity index (χ2v) is 14.6. The normalized spacial score (nSPS) is 11.7. The van der Waals surface area contributed by atoms with Gasteiger partial charge >= 0.3 is 0 Å². The van der Waals surface area contributed by atoms with Gasteiger partial charge in [-0.05, 0) is 113 Å². The molecule has 0 aliphatic carbocycles. The Morgan fingerprint density at radius 3 is 1.54 bits per heavy atom. The van der Waals surface area contributed by atoms with E-state index in [-0.39, 0.29) is 0 Å². The average molecular weight is 716 g/mol. The number of anilines is 3. The molecule has 2 heterocycles. The summed E-state index contributed by atoms with van der Waals surface area (Å²) in [6.45, 7) is 2.21. The van der Waals surface area contributed by atoms with Gasteiger partial charge in [0.15, 0.2) is 0 Å². The van der Waals surface area contributed by atoms with Gasteiger partial charge in [-0.25, -0.2) is 0 Å². The molecule has 0 unspecified atom stereocenters. The number of benzene rings is 9. The van der Waals surface area contributed by atoms with Crippen molar-refractivity contribution in [2.24, 2.45) is 0 Å². The minimum absolute atomic E-state index is 1.10. The van der Waals surface area contributed by atoms with Gasteiger partial charge in [0, 0.05) is 44.3 Å². The van der Waals surface area contributed by atoms with Crippen LogP contribution in [0.4, 0.5) is 17.1 Å². The van der Waals surface area contributed by atoms with Crippen LogP contribution in [-0.2, 0) is 0 Å². The van der Waals surface area contributed by atoms with Crippen LogP contribution in [0.3, 0.4) is 0 Å². The first-order valence-electron chi connectivity index (χ1n) is 19.3. The summed E-state index contributed by atoms with van der Waals surface area (Å²) in [5.74, 6) is 0. The van der Waals surface area contributed by atoms with Crippen molar-refractivity contribution < 1.29 is 0 Å². The first-order chi connectivity index (χ1) is 27.7. The quantitative estimate of drug-likeness (QED) is 0.167. The Labute approximate surface area is 325 Å². The molecule has 0 N–H and O–H groups in total. The molecule has 0 atom stereocenters. The Hall–Kier alpha value is -7.36. The molecule has 0 fully saturated rings. The van der Waals surface area contributed by atoms with Crippen LogP contribution in [0.1, 0.15) is 5.56 Å². The number of fused-ring (bicyclic) bond motifs is 7. The van der Waals surface area contributed by atoms with Crippen LogP contribution in [0.5, 0.6) is 0 Å². The lowest BCUT2D eigenvalue weighted by Crippen LogP contribution is -2.10. The fourth-order valence-electron chi connectivity index (χ4n) is 8.96. The highest BCUT2D eigenvalue weighted by Crippen LogP contribution is 2.44. The van der Waals surface area contributed by atoms with Crippen LogP contribution in [0.2, 0.25) is 0 Å². The van der Waals surface area contributed by atoms with Gasteiger partial charge in [0.25, 0.3) is 0 Å². The molecule has 0 amide bonds. The van der Waals surface area contributed by atoms with E-state index < -0.39 is 0 Å². The minimum Gasteiger partial charge on any atom is -0.310 e. The Bertz CT molecular complexity index is 3190. The van der Waals surface area contributed by atoms with Crippen LogP contribution in [0.25, 0.3) is 76.9 Å². The van der Waals surface area contributed by atoms with Crippen LogP contribution in [0, 0.1) is 6.92 Å². The SMILES string of the molecule is Cc1ccc2ccccc2c1-c1ccc(-n2c3ccccc3c3c(N(c4ccccc4)c4ccc(-n5c6ccccc6c6ccccc65)cc4)cccc32)cc1. The predicted octanol–water partition coefficient (Wildman–Crippen LogP) is 14.5. The molecule has 264 valence electrons. The van der Waals surface area contributed by atoms with E-state index in [1.54, 1.807) is 0 Å². The Morgan fingerprint density at radius 2 is 0.857 bits per heavy atom. The molecule has 3 heteroatoms. The lowest BCUT2D eigenvalue weighted by Gasteiger charge is -2.27. The highest BCUT2D eigenvalue weighted by atomic mass is 15.1. The molecule has 3 nitrogen and oxygen atoms in total. The minimum atomic E-state index is 1.10. The first kappa shape index (κ1) is 32.1. The Morgan fingerprint density at radius 1 is 0.357 bits per heavy atom. The Kier molecular flexibility index (Phi) is 7.39. The van der Waals surface area contributed by atoms with Crippen molar-refractivity contribution in [2.45, 2.75) is 6.92 Å². The number of hydrogen-bond donors (Lipinski definition) is 0. The van der Waals surface area contributed by atoms with Crippen molar-refractivity contribution >= 4 is 71.4 Å². The summed E-state index contributed by atoms with van der Waals surface area (Å²) in [5, 5.41) is 7.50. The van der Waals surface area contributed by atoms with Gasteiger partial charge in [0.05, 0.1) is 27.8 Å².